The van der Waals surface area contributed by atoms with Crippen LogP contribution in [0.25, 0.3) is 0 Å². The third-order valence-corrected chi connectivity index (χ3v) is 15.6. The van der Waals surface area contributed by atoms with E-state index in [1.165, 1.54) is 36.4 Å². The normalized spacial score (nSPS) is 12.4. The molecule has 0 bridgehead atoms. The first-order valence-electron chi connectivity index (χ1n) is 17.2. The zero-order chi connectivity index (χ0) is 39.7. The molecule has 0 saturated carbocycles. The second-order valence-corrected chi connectivity index (χ2v) is 19.6. The van der Waals surface area contributed by atoms with E-state index >= 15 is 0 Å². The molecule has 0 N–H and O–H groups in total. The average Bonchev–Trinajstić information content (AvgIpc) is 3.21. The van der Waals surface area contributed by atoms with Gasteiger partial charge in [0, 0.05) is 12.3 Å². The van der Waals surface area contributed by atoms with Crippen LogP contribution in [0.3, 0.4) is 0 Å². The minimum atomic E-state index is -5.12. The Labute approximate surface area is 385 Å². The summed E-state index contributed by atoms with van der Waals surface area (Å²) >= 11 is 0. The molecule has 0 fully saturated rings. The molecule has 0 amide bonds. The van der Waals surface area contributed by atoms with Gasteiger partial charge in [0.15, 0.2) is 0 Å². The Morgan fingerprint density at radius 2 is 0.672 bits per heavy atom. The molecule has 6 aromatic carbocycles. The molecule has 0 heterocycles. The maximum atomic E-state index is 14.2. The van der Waals surface area contributed by atoms with Gasteiger partial charge in [0.05, 0.1) is 20.9 Å². The van der Waals surface area contributed by atoms with E-state index in [1.807, 2.05) is 121 Å². The Hall–Kier alpha value is -3.06. The maximum absolute atomic E-state index is 14.2. The summed E-state index contributed by atoms with van der Waals surface area (Å²) in [6.45, 7) is 0. The summed E-state index contributed by atoms with van der Waals surface area (Å²) in [5, 5.41) is 3.55. The van der Waals surface area contributed by atoms with E-state index in [-0.39, 0.29) is 71.4 Å². The predicted molar refractivity (Wildman–Crippen MR) is 215 cm³/mol. The second kappa shape index (κ2) is 22.0. The van der Waals surface area contributed by atoms with E-state index in [0.29, 0.717) is 0 Å². The largest absolute Gasteiger partial charge is 1.00 e. The summed E-state index contributed by atoms with van der Waals surface area (Å²) in [6.07, 6.45) is -2.52. The van der Waals surface area contributed by atoms with Crippen LogP contribution >= 0.6 is 15.8 Å². The van der Waals surface area contributed by atoms with Gasteiger partial charge in [-0.2, -0.15) is 0 Å². The Morgan fingerprint density at radius 1 is 0.431 bits per heavy atom. The summed E-state index contributed by atoms with van der Waals surface area (Å²) in [5.74, 6) is -2.29. The van der Waals surface area contributed by atoms with Crippen molar-refractivity contribution >= 4 is 69.2 Å². The van der Waals surface area contributed by atoms with Crippen molar-refractivity contribution in [3.8, 4) is 0 Å². The van der Waals surface area contributed by atoms with E-state index in [9.17, 15) is 35.5 Å². The summed E-state index contributed by atoms with van der Waals surface area (Å²) in [7, 11) is -13.0. The average molecular weight is 871 g/mol. The summed E-state index contributed by atoms with van der Waals surface area (Å²) in [6, 6.07) is 47.5. The standard InChI is InChI=1S/C42H36O10P2S2.2Na/c43-41(35-25-13-15-27-39(35)55(45,46)47)51-37(29-53(31-17-5-1-6-18-31)32-19-7-2-8-20-32)38(52-42(44)36-26-14-16-28-40(36)56(48,49)50)30-54(33-21-9-3-10-22-33)34-23-11-4-12-24-34;;/h1-28,37-38H,29-30H2,(H,45,46,47)(H,48,49,50);;/q;2*+1/p-2/t37-,38-;;/m0../s1. The monoisotopic (exact) mass is 870 g/mol. The number of ether oxygens (including phenoxy) is 2. The van der Waals surface area contributed by atoms with Gasteiger partial charge in [-0.3, -0.25) is 0 Å². The molecule has 0 spiro atoms. The molecule has 0 aliphatic heterocycles. The molecule has 58 heavy (non-hydrogen) atoms. The van der Waals surface area contributed by atoms with Gasteiger partial charge in [-0.1, -0.05) is 146 Å². The van der Waals surface area contributed by atoms with Crippen LogP contribution in [0.2, 0.25) is 0 Å². The third kappa shape index (κ3) is 12.5. The van der Waals surface area contributed by atoms with Crippen LogP contribution in [0.4, 0.5) is 0 Å². The van der Waals surface area contributed by atoms with Crippen molar-refractivity contribution in [1.82, 2.24) is 0 Å². The number of hydrogen-bond acceptors (Lipinski definition) is 10. The van der Waals surface area contributed by atoms with Crippen molar-refractivity contribution in [2.24, 2.45) is 0 Å². The number of benzene rings is 6. The Bertz CT molecular complexity index is 2250. The third-order valence-electron chi connectivity index (χ3n) is 8.68. The molecule has 0 unspecified atom stereocenters. The van der Waals surface area contributed by atoms with E-state index < -0.39 is 81.1 Å². The van der Waals surface area contributed by atoms with Crippen LogP contribution in [-0.4, -0.2) is 62.4 Å². The minimum Gasteiger partial charge on any atom is -0.744 e. The van der Waals surface area contributed by atoms with Gasteiger partial charge in [-0.25, -0.2) is 26.4 Å². The summed E-state index contributed by atoms with van der Waals surface area (Å²) in [4.78, 5) is 26.8. The van der Waals surface area contributed by atoms with Gasteiger partial charge in [0.25, 0.3) is 0 Å². The van der Waals surface area contributed by atoms with Gasteiger partial charge in [0.2, 0.25) is 0 Å². The van der Waals surface area contributed by atoms with Crippen molar-refractivity contribution in [3.63, 3.8) is 0 Å². The number of carbonyl (C=O) groups excluding carboxylic acids is 2. The SMILES string of the molecule is O=C(O[C@@H](CP(c1ccccc1)c1ccccc1)[C@H](CP(c1ccccc1)c1ccccc1)OC(=O)c1ccccc1S(=O)(=O)[O-])c1ccccc1S(=O)(=O)[O-].[Na+].[Na+]. The molecule has 0 radical (unpaired) electrons. The van der Waals surface area contributed by atoms with E-state index in [1.54, 1.807) is 0 Å². The Morgan fingerprint density at radius 3 is 0.931 bits per heavy atom. The number of rotatable bonds is 15. The van der Waals surface area contributed by atoms with Gasteiger partial charge in [-0.15, -0.1) is 0 Å². The fourth-order valence-electron chi connectivity index (χ4n) is 6.08. The van der Waals surface area contributed by atoms with E-state index in [4.69, 9.17) is 9.47 Å². The first kappa shape index (κ1) is 47.6. The predicted octanol–water partition coefficient (Wildman–Crippen LogP) is -0.480. The van der Waals surface area contributed by atoms with Gasteiger partial charge < -0.3 is 18.6 Å². The zero-order valence-corrected chi connectivity index (χ0v) is 38.9. The molecule has 0 aromatic heterocycles. The van der Waals surface area contributed by atoms with Gasteiger partial charge in [0.1, 0.15) is 32.4 Å². The maximum Gasteiger partial charge on any atom is 1.00 e. The van der Waals surface area contributed by atoms with Gasteiger partial charge >= 0.3 is 71.1 Å². The Kier molecular flexibility index (Phi) is 18.0. The molecule has 0 aliphatic carbocycles. The second-order valence-electron chi connectivity index (χ2n) is 12.4. The molecule has 6 rings (SSSR count). The van der Waals surface area contributed by atoms with Crippen molar-refractivity contribution < 1.29 is 104 Å². The molecule has 0 saturated heterocycles. The fraction of sp³-hybridized carbons (Fsp3) is 0.0952. The quantitative estimate of drug-likeness (QED) is 0.0570. The van der Waals surface area contributed by atoms with Crippen LogP contribution in [0.15, 0.2) is 180 Å². The van der Waals surface area contributed by atoms with E-state index in [2.05, 4.69) is 0 Å². The minimum absolute atomic E-state index is 0. The summed E-state index contributed by atoms with van der Waals surface area (Å²) < 4.78 is 86.3. The topological polar surface area (TPSA) is 167 Å². The van der Waals surface area contributed by atoms with E-state index in [0.717, 1.165) is 33.4 Å². The van der Waals surface area contributed by atoms with Crippen molar-refractivity contribution in [2.45, 2.75) is 22.0 Å². The van der Waals surface area contributed by atoms with Crippen LogP contribution in [0.1, 0.15) is 20.7 Å². The fourth-order valence-corrected chi connectivity index (χ4v) is 12.3. The Balaban J connectivity index is 0.00000372. The smallest absolute Gasteiger partial charge is 0.744 e. The van der Waals surface area contributed by atoms with Gasteiger partial charge in [-0.05, 0) is 61.3 Å². The van der Waals surface area contributed by atoms with Crippen LogP contribution in [0, 0.1) is 0 Å². The number of hydrogen-bond donors (Lipinski definition) is 0. The molecule has 16 heteroatoms. The number of carbonyl (C=O) groups is 2. The molecule has 0 aliphatic rings. The van der Waals surface area contributed by atoms with Crippen LogP contribution in [0.5, 0.6) is 0 Å². The zero-order valence-electron chi connectivity index (χ0n) is 31.5. The molecule has 286 valence electrons. The first-order chi connectivity index (χ1) is 26.9. The summed E-state index contributed by atoms with van der Waals surface area (Å²) in [5.41, 5.74) is -1.00. The van der Waals surface area contributed by atoms with Crippen LogP contribution in [-0.2, 0) is 29.7 Å². The molecular formula is C42H34Na2O10P2S2. The molecular weight excluding hydrogens is 837 g/mol. The first-order valence-corrected chi connectivity index (χ1v) is 23.0. The molecule has 2 atom stereocenters. The number of esters is 2. The molecule has 10 nitrogen and oxygen atoms in total. The molecule has 6 aromatic rings. The van der Waals surface area contributed by atoms with Crippen molar-refractivity contribution in [1.29, 1.82) is 0 Å². The van der Waals surface area contributed by atoms with Crippen molar-refractivity contribution in [3.05, 3.63) is 181 Å². The van der Waals surface area contributed by atoms with Crippen molar-refractivity contribution in [2.75, 3.05) is 12.3 Å². The van der Waals surface area contributed by atoms with Crippen LogP contribution < -0.4 is 80.3 Å².